The second-order valence-electron chi connectivity index (χ2n) is 21.0. The van der Waals surface area contributed by atoms with Crippen LogP contribution < -0.4 is 10.7 Å². The summed E-state index contributed by atoms with van der Waals surface area (Å²) in [5, 5.41) is 21.8. The summed E-state index contributed by atoms with van der Waals surface area (Å²) in [6.45, 7) is 18.1. The fourth-order valence-electron chi connectivity index (χ4n) is 10.7. The quantitative estimate of drug-likeness (QED) is 0.136. The molecule has 68 heavy (non-hydrogen) atoms. The molecule has 5 heterocycles. The number of likely N-dealkylation sites (N-methyl/N-ethyl adjacent to an activating group) is 1. The van der Waals surface area contributed by atoms with Crippen LogP contribution in [0.15, 0.2) is 55.1 Å². The van der Waals surface area contributed by atoms with E-state index in [4.69, 9.17) is 9.84 Å². The number of aromatic nitrogens is 3. The maximum absolute atomic E-state index is 14.9. The van der Waals surface area contributed by atoms with Crippen molar-refractivity contribution in [2.24, 2.45) is 23.8 Å². The van der Waals surface area contributed by atoms with Gasteiger partial charge in [-0.05, 0) is 124 Å². The van der Waals surface area contributed by atoms with Crippen LogP contribution in [0.25, 0.3) is 33.4 Å². The molecule has 4 amide bonds. The molecule has 2 aromatic carbocycles. The Kier molecular flexibility index (Phi) is 14.5. The van der Waals surface area contributed by atoms with Crippen LogP contribution in [-0.2, 0) is 61.7 Å². The fourth-order valence-corrected chi connectivity index (χ4v) is 10.7. The lowest BCUT2D eigenvalue weighted by molar-refractivity contribution is -0.150. The number of nitrogens with zero attached hydrogens (tertiary/aromatic N) is 7. The van der Waals surface area contributed by atoms with Gasteiger partial charge in [-0.25, -0.2) is 5.43 Å². The molecule has 6 bridgehead atoms. The molecule has 0 spiro atoms. The molecule has 0 radical (unpaired) electrons. The van der Waals surface area contributed by atoms with Gasteiger partial charge in [-0.15, -0.1) is 0 Å². The monoisotopic (exact) mass is 934 g/mol. The van der Waals surface area contributed by atoms with Crippen molar-refractivity contribution in [3.63, 3.8) is 0 Å². The zero-order valence-corrected chi connectivity index (χ0v) is 41.6. The molecule has 16 nitrogen and oxygen atoms in total. The second kappa shape index (κ2) is 19.6. The Balaban J connectivity index is 1.31. The number of aldehydes is 1. The van der Waals surface area contributed by atoms with Crippen molar-refractivity contribution < 1.29 is 33.8 Å². The molecule has 2 fully saturated rings. The standard InChI is InChI=1S/C52H71N9O7/c1-12-44(64)59-20-18-51(7,29-59)49(67)57(10)45(33(3)4)47(65)53-41-23-34-21-36(24-38(63)22-34)35-15-16-42-39(25-35)40(46(60(42)13-2)43-26-37(28-56(8)9)54-58(43)11)27-50(5,6)31-68-32-52(30-62)17-14-19-61(55-52)48(41)66/h12,15-16,21-22,24-26,30,33,41,45,55,63H,1,13-14,17-20,23,27-29,31-32H2,2-11H3,(H,53,65)/t41-,45-,51+,52?/m0/s1. The summed E-state index contributed by atoms with van der Waals surface area (Å²) in [5.41, 5.74) is 8.03. The van der Waals surface area contributed by atoms with Crippen molar-refractivity contribution in [2.45, 2.75) is 104 Å². The molecule has 7 rings (SSSR count). The van der Waals surface area contributed by atoms with E-state index >= 15 is 0 Å². The molecule has 3 N–H and O–H groups in total. The van der Waals surface area contributed by atoms with E-state index in [-0.39, 0.29) is 49.6 Å². The summed E-state index contributed by atoms with van der Waals surface area (Å²) in [7, 11) is 7.63. The smallest absolute Gasteiger partial charge is 0.259 e. The number of nitrogens with one attached hydrogen (secondary N) is 2. The third kappa shape index (κ3) is 10.1. The number of benzene rings is 2. The number of carbonyl (C=O) groups excluding carboxylic acids is 5. The van der Waals surface area contributed by atoms with Gasteiger partial charge in [-0.1, -0.05) is 46.4 Å². The fraction of sp³-hybridized carbons (Fsp3) is 0.538. The van der Waals surface area contributed by atoms with Gasteiger partial charge in [0, 0.05) is 64.1 Å². The summed E-state index contributed by atoms with van der Waals surface area (Å²) < 4.78 is 10.8. The van der Waals surface area contributed by atoms with E-state index in [9.17, 15) is 29.1 Å². The van der Waals surface area contributed by atoms with Crippen molar-refractivity contribution in [3.8, 4) is 28.3 Å². The zero-order valence-electron chi connectivity index (χ0n) is 41.6. The van der Waals surface area contributed by atoms with Crippen LogP contribution in [0.1, 0.15) is 77.6 Å². The van der Waals surface area contributed by atoms with E-state index < -0.39 is 40.3 Å². The van der Waals surface area contributed by atoms with E-state index in [2.05, 4.69) is 65.8 Å². The highest BCUT2D eigenvalue weighted by Gasteiger charge is 2.47. The predicted octanol–water partition coefficient (Wildman–Crippen LogP) is 5.09. The SMILES string of the molecule is C=CC(=O)N1CC[C@@](C)(C(=O)N(C)[C@H](C(=O)N[C@H]2Cc3cc(O)cc(c3)-c3ccc4c(c3)c(c(-c3cc(CN(C)C)nn3C)n4CC)CC(C)(C)COCC3(C=O)CCCN(N3)C2=O)C(C)C)C1. The molecule has 3 aliphatic rings. The van der Waals surface area contributed by atoms with Crippen molar-refractivity contribution >= 4 is 40.8 Å². The number of rotatable bonds is 11. The summed E-state index contributed by atoms with van der Waals surface area (Å²) >= 11 is 0. The largest absolute Gasteiger partial charge is 0.508 e. The van der Waals surface area contributed by atoms with E-state index in [1.54, 1.807) is 31.0 Å². The van der Waals surface area contributed by atoms with Gasteiger partial charge in [0.2, 0.25) is 17.7 Å². The lowest BCUT2D eigenvalue weighted by Gasteiger charge is -2.42. The van der Waals surface area contributed by atoms with Crippen molar-refractivity contribution in [2.75, 3.05) is 54.0 Å². The Morgan fingerprint density at radius 2 is 1.79 bits per heavy atom. The lowest BCUT2D eigenvalue weighted by Crippen LogP contribution is -2.66. The van der Waals surface area contributed by atoms with Crippen LogP contribution in [0.4, 0.5) is 0 Å². The molecular weight excluding hydrogens is 863 g/mol. The lowest BCUT2D eigenvalue weighted by atomic mass is 9.84. The Hall–Kier alpha value is -5.84. The maximum Gasteiger partial charge on any atom is 0.259 e. The third-order valence-corrected chi connectivity index (χ3v) is 14.0. The van der Waals surface area contributed by atoms with Crippen LogP contribution in [0.3, 0.4) is 0 Å². The summed E-state index contributed by atoms with van der Waals surface area (Å²) in [6.07, 6.45) is 4.02. The van der Waals surface area contributed by atoms with Gasteiger partial charge < -0.3 is 39.2 Å². The van der Waals surface area contributed by atoms with Crippen molar-refractivity contribution in [1.29, 1.82) is 0 Å². The number of carbonyl (C=O) groups is 5. The van der Waals surface area contributed by atoms with Crippen LogP contribution in [-0.4, -0.2) is 141 Å². The number of phenols is 1. The van der Waals surface area contributed by atoms with Gasteiger partial charge in [0.25, 0.3) is 5.91 Å². The summed E-state index contributed by atoms with van der Waals surface area (Å²) in [6, 6.07) is 11.6. The van der Waals surface area contributed by atoms with Gasteiger partial charge in [0.15, 0.2) is 0 Å². The average molecular weight is 934 g/mol. The third-order valence-electron chi connectivity index (χ3n) is 14.0. The minimum atomic E-state index is -1.22. The van der Waals surface area contributed by atoms with Crippen LogP contribution in [0.2, 0.25) is 0 Å². The highest BCUT2D eigenvalue weighted by molar-refractivity contribution is 5.96. The molecule has 366 valence electrons. The Labute approximate surface area is 400 Å². The number of amides is 4. The minimum Gasteiger partial charge on any atom is -0.508 e. The number of hydrazine groups is 1. The number of hydrogen-bond donors (Lipinski definition) is 3. The van der Waals surface area contributed by atoms with Gasteiger partial charge >= 0.3 is 0 Å². The van der Waals surface area contributed by atoms with E-state index in [0.717, 1.165) is 51.0 Å². The van der Waals surface area contributed by atoms with E-state index in [1.165, 1.54) is 16.0 Å². The molecule has 4 aromatic rings. The number of likely N-dealkylation sites (tertiary alicyclic amines) is 1. The van der Waals surface area contributed by atoms with Crippen LogP contribution in [0, 0.1) is 16.7 Å². The minimum absolute atomic E-state index is 0.00611. The summed E-state index contributed by atoms with van der Waals surface area (Å²) in [5.74, 6) is -1.91. The number of fused-ring (bicyclic) bond motifs is 6. The topological polar surface area (TPSA) is 175 Å². The zero-order chi connectivity index (χ0) is 49.5. The highest BCUT2D eigenvalue weighted by atomic mass is 16.5. The number of phenolic OH excluding ortho intramolecular Hbond substituents is 1. The first kappa shape index (κ1) is 50.0. The van der Waals surface area contributed by atoms with Gasteiger partial charge in [0.05, 0.1) is 35.7 Å². The normalized spacial score (nSPS) is 22.6. The molecule has 4 atom stereocenters. The van der Waals surface area contributed by atoms with Gasteiger partial charge in [-0.3, -0.25) is 28.9 Å². The first-order valence-corrected chi connectivity index (χ1v) is 23.9. The number of hydrogen-bond acceptors (Lipinski definition) is 10. The molecule has 1 unspecified atom stereocenters. The summed E-state index contributed by atoms with van der Waals surface area (Å²) in [4.78, 5) is 74.6. The maximum atomic E-state index is 14.9. The molecule has 0 saturated carbocycles. The molecule has 0 aliphatic carbocycles. The Morgan fingerprint density at radius 1 is 1.04 bits per heavy atom. The van der Waals surface area contributed by atoms with E-state index in [0.29, 0.717) is 57.5 Å². The highest BCUT2D eigenvalue weighted by Crippen LogP contribution is 2.41. The van der Waals surface area contributed by atoms with Crippen molar-refractivity contribution in [1.82, 2.24) is 44.8 Å². The van der Waals surface area contributed by atoms with Gasteiger partial charge in [-0.2, -0.15) is 5.10 Å². The molecular formula is C52H71N9O7. The molecule has 2 aromatic heterocycles. The van der Waals surface area contributed by atoms with Crippen LogP contribution >= 0.6 is 0 Å². The predicted molar refractivity (Wildman–Crippen MR) is 262 cm³/mol. The molecule has 16 heteroatoms. The first-order valence-electron chi connectivity index (χ1n) is 23.9. The number of aromatic hydroxyl groups is 1. The molecule has 3 aliphatic heterocycles. The Morgan fingerprint density at radius 3 is 2.47 bits per heavy atom. The first-order chi connectivity index (χ1) is 32.1. The van der Waals surface area contributed by atoms with E-state index in [1.807, 2.05) is 51.8 Å². The second-order valence-corrected chi connectivity index (χ2v) is 21.0. The number of ether oxygens (including phenoxy) is 1. The Bertz CT molecular complexity index is 2600. The average Bonchev–Trinajstić information content (AvgIpc) is 3.96. The van der Waals surface area contributed by atoms with Crippen LogP contribution in [0.5, 0.6) is 5.75 Å². The van der Waals surface area contributed by atoms with Crippen molar-refractivity contribution in [3.05, 3.63) is 71.9 Å². The number of aryl methyl sites for hydroxylation is 2. The molecule has 2 saturated heterocycles. The van der Waals surface area contributed by atoms with Gasteiger partial charge in [0.1, 0.15) is 29.7 Å².